The van der Waals surface area contributed by atoms with E-state index >= 15 is 0 Å². The first-order chi connectivity index (χ1) is 8.15. The Morgan fingerprint density at radius 3 is 2.71 bits per heavy atom. The molecule has 0 saturated carbocycles. The van der Waals surface area contributed by atoms with Gasteiger partial charge in [0.05, 0.1) is 17.3 Å². The second kappa shape index (κ2) is 5.25. The van der Waals surface area contributed by atoms with Crippen LogP contribution in [0.15, 0.2) is 34.7 Å². The molecular formula is C13H15ClN2O. The van der Waals surface area contributed by atoms with E-state index in [2.05, 4.69) is 5.32 Å². The van der Waals surface area contributed by atoms with Gasteiger partial charge in [0.1, 0.15) is 11.5 Å². The third-order valence-corrected chi connectivity index (χ3v) is 2.83. The van der Waals surface area contributed by atoms with Crippen LogP contribution in [-0.2, 0) is 13.1 Å². The van der Waals surface area contributed by atoms with Crippen LogP contribution in [0.25, 0.3) is 0 Å². The molecule has 0 spiro atoms. The molecule has 0 atom stereocenters. The van der Waals surface area contributed by atoms with E-state index in [0.29, 0.717) is 17.3 Å². The van der Waals surface area contributed by atoms with Crippen molar-refractivity contribution in [3.63, 3.8) is 0 Å². The normalized spacial score (nSPS) is 10.7. The van der Waals surface area contributed by atoms with Crippen molar-refractivity contribution < 1.29 is 4.42 Å². The lowest BCUT2D eigenvalue weighted by atomic mass is 10.2. The Morgan fingerprint density at radius 1 is 1.24 bits per heavy atom. The smallest absolute Gasteiger partial charge is 0.117 e. The summed E-state index contributed by atoms with van der Waals surface area (Å²) >= 11 is 5.85. The number of nitrogen functional groups attached to an aromatic ring is 1. The fraction of sp³-hybridized carbons (Fsp3) is 0.231. The van der Waals surface area contributed by atoms with Gasteiger partial charge in [0, 0.05) is 6.54 Å². The number of hydrogen-bond donors (Lipinski definition) is 2. The predicted molar refractivity (Wildman–Crippen MR) is 69.9 cm³/mol. The molecule has 0 fully saturated rings. The topological polar surface area (TPSA) is 51.2 Å². The lowest BCUT2D eigenvalue weighted by Crippen LogP contribution is -2.12. The van der Waals surface area contributed by atoms with Crippen LogP contribution in [0.4, 0.5) is 5.69 Å². The molecule has 0 aliphatic rings. The average Bonchev–Trinajstić information content (AvgIpc) is 2.70. The zero-order chi connectivity index (χ0) is 12.3. The molecule has 0 unspecified atom stereocenters. The minimum atomic E-state index is 0.593. The van der Waals surface area contributed by atoms with Gasteiger partial charge in [0.2, 0.25) is 0 Å². The van der Waals surface area contributed by atoms with Gasteiger partial charge in [-0.25, -0.2) is 0 Å². The van der Waals surface area contributed by atoms with Crippen LogP contribution in [0, 0.1) is 6.92 Å². The van der Waals surface area contributed by atoms with E-state index in [9.17, 15) is 0 Å². The van der Waals surface area contributed by atoms with Gasteiger partial charge in [0.15, 0.2) is 0 Å². The van der Waals surface area contributed by atoms with Crippen molar-refractivity contribution in [1.29, 1.82) is 0 Å². The van der Waals surface area contributed by atoms with E-state index in [1.54, 1.807) is 0 Å². The zero-order valence-electron chi connectivity index (χ0n) is 9.66. The molecule has 4 heteroatoms. The molecule has 1 heterocycles. The minimum Gasteiger partial charge on any atom is -0.465 e. The highest BCUT2D eigenvalue weighted by Crippen LogP contribution is 2.19. The maximum Gasteiger partial charge on any atom is 0.117 e. The van der Waals surface area contributed by atoms with Crippen LogP contribution >= 0.6 is 11.6 Å². The number of hydrogen-bond acceptors (Lipinski definition) is 3. The van der Waals surface area contributed by atoms with Gasteiger partial charge in [-0.3, -0.25) is 0 Å². The maximum atomic E-state index is 5.85. The van der Waals surface area contributed by atoms with E-state index in [1.807, 2.05) is 37.3 Å². The van der Waals surface area contributed by atoms with Gasteiger partial charge in [0.25, 0.3) is 0 Å². The Balaban J connectivity index is 1.87. The Labute approximate surface area is 106 Å². The first-order valence-corrected chi connectivity index (χ1v) is 5.83. The summed E-state index contributed by atoms with van der Waals surface area (Å²) in [6.45, 7) is 3.38. The van der Waals surface area contributed by atoms with Gasteiger partial charge < -0.3 is 15.5 Å². The highest BCUT2D eigenvalue weighted by molar-refractivity contribution is 6.33. The molecule has 90 valence electrons. The molecule has 0 aliphatic carbocycles. The standard InChI is InChI=1S/C13H15ClN2O/c1-9-2-4-11(17-9)8-16-7-10-3-5-12(14)13(15)6-10/h2-6,16H,7-8,15H2,1H3. The molecule has 3 nitrogen and oxygen atoms in total. The summed E-state index contributed by atoms with van der Waals surface area (Å²) in [5, 5.41) is 3.88. The molecule has 3 N–H and O–H groups in total. The molecule has 0 saturated heterocycles. The van der Waals surface area contributed by atoms with Crippen molar-refractivity contribution in [2.24, 2.45) is 0 Å². The molecule has 2 aromatic rings. The van der Waals surface area contributed by atoms with Gasteiger partial charge in [-0.2, -0.15) is 0 Å². The summed E-state index contributed by atoms with van der Waals surface area (Å²) in [5.41, 5.74) is 7.45. The number of halogens is 1. The van der Waals surface area contributed by atoms with Crippen molar-refractivity contribution in [2.75, 3.05) is 5.73 Å². The number of nitrogens with two attached hydrogens (primary N) is 1. The monoisotopic (exact) mass is 250 g/mol. The van der Waals surface area contributed by atoms with Crippen molar-refractivity contribution in [1.82, 2.24) is 5.32 Å². The molecule has 0 bridgehead atoms. The molecule has 0 amide bonds. The summed E-state index contributed by atoms with van der Waals surface area (Å²) in [6.07, 6.45) is 0. The van der Waals surface area contributed by atoms with Gasteiger partial charge >= 0.3 is 0 Å². The summed E-state index contributed by atoms with van der Waals surface area (Å²) in [7, 11) is 0. The number of anilines is 1. The summed E-state index contributed by atoms with van der Waals surface area (Å²) in [4.78, 5) is 0. The van der Waals surface area contributed by atoms with Crippen LogP contribution in [-0.4, -0.2) is 0 Å². The van der Waals surface area contributed by atoms with Crippen molar-refractivity contribution in [3.8, 4) is 0 Å². The van der Waals surface area contributed by atoms with Gasteiger partial charge in [-0.15, -0.1) is 0 Å². The highest BCUT2D eigenvalue weighted by atomic mass is 35.5. The second-order valence-corrected chi connectivity index (χ2v) is 4.38. The highest BCUT2D eigenvalue weighted by Gasteiger charge is 2.00. The quantitative estimate of drug-likeness (QED) is 0.820. The third kappa shape index (κ3) is 3.25. The maximum absolute atomic E-state index is 5.85. The number of benzene rings is 1. The number of rotatable bonds is 4. The van der Waals surface area contributed by atoms with E-state index < -0.39 is 0 Å². The van der Waals surface area contributed by atoms with Gasteiger partial charge in [-0.05, 0) is 36.8 Å². The number of furan rings is 1. The minimum absolute atomic E-state index is 0.593. The summed E-state index contributed by atoms with van der Waals surface area (Å²) in [6, 6.07) is 9.57. The molecule has 0 radical (unpaired) electrons. The second-order valence-electron chi connectivity index (χ2n) is 3.97. The molecule has 0 aliphatic heterocycles. The Morgan fingerprint density at radius 2 is 2.06 bits per heavy atom. The van der Waals surface area contributed by atoms with Crippen LogP contribution in [0.2, 0.25) is 5.02 Å². The molecule has 2 rings (SSSR count). The van der Waals surface area contributed by atoms with Crippen molar-refractivity contribution >= 4 is 17.3 Å². The summed E-state index contributed by atoms with van der Waals surface area (Å²) < 4.78 is 5.46. The van der Waals surface area contributed by atoms with Crippen molar-refractivity contribution in [3.05, 3.63) is 52.4 Å². The number of aryl methyl sites for hydroxylation is 1. The van der Waals surface area contributed by atoms with Crippen LogP contribution in [0.5, 0.6) is 0 Å². The van der Waals surface area contributed by atoms with E-state index in [0.717, 1.165) is 23.6 Å². The molecule has 1 aromatic heterocycles. The summed E-state index contributed by atoms with van der Waals surface area (Å²) in [5.74, 6) is 1.86. The fourth-order valence-electron chi connectivity index (χ4n) is 1.61. The van der Waals surface area contributed by atoms with Crippen LogP contribution in [0.1, 0.15) is 17.1 Å². The first-order valence-electron chi connectivity index (χ1n) is 5.45. The molecule has 17 heavy (non-hydrogen) atoms. The van der Waals surface area contributed by atoms with Crippen molar-refractivity contribution in [2.45, 2.75) is 20.0 Å². The van der Waals surface area contributed by atoms with Crippen LogP contribution in [0.3, 0.4) is 0 Å². The third-order valence-electron chi connectivity index (χ3n) is 2.48. The predicted octanol–water partition coefficient (Wildman–Crippen LogP) is 3.11. The lowest BCUT2D eigenvalue weighted by molar-refractivity contribution is 0.462. The zero-order valence-corrected chi connectivity index (χ0v) is 10.4. The Bertz CT molecular complexity index is 508. The van der Waals surface area contributed by atoms with Gasteiger partial charge in [-0.1, -0.05) is 17.7 Å². The Kier molecular flexibility index (Phi) is 3.71. The van der Waals surface area contributed by atoms with E-state index in [-0.39, 0.29) is 0 Å². The SMILES string of the molecule is Cc1ccc(CNCc2ccc(Cl)c(N)c2)o1. The lowest BCUT2D eigenvalue weighted by Gasteiger charge is -2.05. The van der Waals surface area contributed by atoms with E-state index in [1.165, 1.54) is 0 Å². The fourth-order valence-corrected chi connectivity index (χ4v) is 1.73. The van der Waals surface area contributed by atoms with E-state index in [4.69, 9.17) is 21.8 Å². The largest absolute Gasteiger partial charge is 0.465 e. The molecular weight excluding hydrogens is 236 g/mol. The molecule has 1 aromatic carbocycles. The Hall–Kier alpha value is -1.45. The average molecular weight is 251 g/mol. The van der Waals surface area contributed by atoms with Crippen LogP contribution < -0.4 is 11.1 Å². The number of nitrogens with one attached hydrogen (secondary N) is 1. The first kappa shape index (κ1) is 12.0.